The van der Waals surface area contributed by atoms with Gasteiger partial charge in [0.25, 0.3) is 0 Å². The summed E-state index contributed by atoms with van der Waals surface area (Å²) < 4.78 is 38.0. The molecule has 1 saturated carbocycles. The Morgan fingerprint density at radius 2 is 2.21 bits per heavy atom. The number of nitrogens with one attached hydrogen (secondary N) is 1. The van der Waals surface area contributed by atoms with Gasteiger partial charge in [-0.25, -0.2) is 4.98 Å². The molecule has 0 radical (unpaired) electrons. The molecule has 2 unspecified atom stereocenters. The van der Waals surface area contributed by atoms with Gasteiger partial charge in [-0.15, -0.1) is 11.3 Å². The molecule has 108 valence electrons. The molecule has 2 rings (SSSR count). The molecule has 1 aromatic heterocycles. The fourth-order valence-electron chi connectivity index (χ4n) is 2.57. The van der Waals surface area contributed by atoms with Gasteiger partial charge in [0.15, 0.2) is 0 Å². The third kappa shape index (κ3) is 4.45. The molecule has 0 amide bonds. The quantitative estimate of drug-likeness (QED) is 0.915. The van der Waals surface area contributed by atoms with Gasteiger partial charge in [0.05, 0.1) is 10.9 Å². The predicted molar refractivity (Wildman–Crippen MR) is 70.4 cm³/mol. The van der Waals surface area contributed by atoms with E-state index in [2.05, 4.69) is 10.3 Å². The number of thiazole rings is 1. The van der Waals surface area contributed by atoms with Gasteiger partial charge in [-0.3, -0.25) is 0 Å². The summed E-state index contributed by atoms with van der Waals surface area (Å²) in [4.78, 5) is 4.35. The highest BCUT2D eigenvalue weighted by molar-refractivity contribution is 7.09. The normalized spacial score (nSPS) is 24.6. The second kappa shape index (κ2) is 6.22. The number of aryl methyl sites for hydroxylation is 1. The molecule has 0 aromatic carbocycles. The van der Waals surface area contributed by atoms with Crippen LogP contribution < -0.4 is 5.32 Å². The predicted octanol–water partition coefficient (Wildman–Crippen LogP) is 3.70. The smallest absolute Gasteiger partial charge is 0.314 e. The van der Waals surface area contributed by atoms with E-state index in [0.29, 0.717) is 13.0 Å². The second-order valence-electron chi connectivity index (χ2n) is 5.19. The van der Waals surface area contributed by atoms with Gasteiger partial charge in [0, 0.05) is 30.1 Å². The molecule has 0 saturated heterocycles. The van der Waals surface area contributed by atoms with Crippen LogP contribution in [0, 0.1) is 12.8 Å². The summed E-state index contributed by atoms with van der Waals surface area (Å²) in [5, 5.41) is 6.29. The van der Waals surface area contributed by atoms with Crippen molar-refractivity contribution in [1.29, 1.82) is 0 Å². The van der Waals surface area contributed by atoms with Crippen LogP contribution in [0.4, 0.5) is 13.2 Å². The van der Waals surface area contributed by atoms with E-state index in [1.54, 1.807) is 11.3 Å². The maximum Gasteiger partial charge on any atom is 0.391 e. The molecule has 19 heavy (non-hydrogen) atoms. The summed E-state index contributed by atoms with van der Waals surface area (Å²) >= 11 is 1.61. The van der Waals surface area contributed by atoms with E-state index < -0.39 is 12.1 Å². The van der Waals surface area contributed by atoms with Crippen LogP contribution in [0.2, 0.25) is 0 Å². The molecule has 1 aliphatic rings. The van der Waals surface area contributed by atoms with Gasteiger partial charge in [-0.05, 0) is 26.2 Å². The largest absolute Gasteiger partial charge is 0.391 e. The molecular formula is C13H19F3N2S. The van der Waals surface area contributed by atoms with E-state index in [0.717, 1.165) is 23.5 Å². The van der Waals surface area contributed by atoms with Crippen LogP contribution in [0.15, 0.2) is 5.38 Å². The van der Waals surface area contributed by atoms with Crippen molar-refractivity contribution in [1.82, 2.24) is 10.3 Å². The minimum atomic E-state index is -4.03. The Morgan fingerprint density at radius 3 is 2.84 bits per heavy atom. The van der Waals surface area contributed by atoms with E-state index in [9.17, 15) is 13.2 Å². The highest BCUT2D eigenvalue weighted by Crippen LogP contribution is 2.37. The standard InChI is InChI=1S/C13H19F3N2S/c1-9-8-19-12(18-9)5-6-17-11-4-2-3-10(7-11)13(14,15)16/h8,10-11,17H,2-7H2,1H3. The van der Waals surface area contributed by atoms with Gasteiger partial charge >= 0.3 is 6.18 Å². The second-order valence-corrected chi connectivity index (χ2v) is 6.13. The summed E-state index contributed by atoms with van der Waals surface area (Å²) in [6, 6.07) is 0.00133. The Labute approximate surface area is 115 Å². The summed E-state index contributed by atoms with van der Waals surface area (Å²) in [6.07, 6.45) is -1.21. The van der Waals surface area contributed by atoms with Crippen molar-refractivity contribution in [2.24, 2.45) is 5.92 Å². The molecule has 2 nitrogen and oxygen atoms in total. The first kappa shape index (κ1) is 14.8. The fraction of sp³-hybridized carbons (Fsp3) is 0.769. The first-order valence-electron chi connectivity index (χ1n) is 6.66. The lowest BCUT2D eigenvalue weighted by molar-refractivity contribution is -0.183. The van der Waals surface area contributed by atoms with Crippen molar-refractivity contribution >= 4 is 11.3 Å². The van der Waals surface area contributed by atoms with Crippen molar-refractivity contribution in [2.75, 3.05) is 6.54 Å². The average molecular weight is 292 g/mol. The zero-order chi connectivity index (χ0) is 13.9. The van der Waals surface area contributed by atoms with E-state index in [1.165, 1.54) is 0 Å². The van der Waals surface area contributed by atoms with E-state index >= 15 is 0 Å². The lowest BCUT2D eigenvalue weighted by Crippen LogP contribution is -2.39. The lowest BCUT2D eigenvalue weighted by atomic mass is 9.85. The molecule has 1 heterocycles. The molecule has 6 heteroatoms. The van der Waals surface area contributed by atoms with Crippen LogP contribution >= 0.6 is 11.3 Å². The van der Waals surface area contributed by atoms with Crippen molar-refractivity contribution in [2.45, 2.75) is 51.2 Å². The minimum absolute atomic E-state index is 0.00133. The Kier molecular flexibility index (Phi) is 4.84. The van der Waals surface area contributed by atoms with Gasteiger partial charge in [-0.1, -0.05) is 6.42 Å². The maximum atomic E-state index is 12.7. The van der Waals surface area contributed by atoms with Crippen LogP contribution in [0.5, 0.6) is 0 Å². The Bertz CT molecular complexity index is 403. The van der Waals surface area contributed by atoms with Crippen LogP contribution in [0.1, 0.15) is 36.4 Å². The maximum absolute atomic E-state index is 12.7. The molecule has 1 aliphatic carbocycles. The number of halogens is 3. The van der Waals surface area contributed by atoms with Gasteiger partial charge in [-0.2, -0.15) is 13.2 Å². The van der Waals surface area contributed by atoms with Crippen LogP contribution in [-0.2, 0) is 6.42 Å². The fourth-order valence-corrected chi connectivity index (χ4v) is 3.35. The summed E-state index contributed by atoms with van der Waals surface area (Å²) in [6.45, 7) is 2.66. The first-order chi connectivity index (χ1) is 8.95. The SMILES string of the molecule is Cc1csc(CCNC2CCCC(C(F)(F)F)C2)n1. The number of nitrogens with zero attached hydrogens (tertiary/aromatic N) is 1. The summed E-state index contributed by atoms with van der Waals surface area (Å²) in [5.41, 5.74) is 1.01. The number of hydrogen-bond donors (Lipinski definition) is 1. The van der Waals surface area contributed by atoms with Crippen molar-refractivity contribution in [3.8, 4) is 0 Å². The molecule has 2 atom stereocenters. The topological polar surface area (TPSA) is 24.9 Å². The number of alkyl halides is 3. The molecule has 1 N–H and O–H groups in total. The summed E-state index contributed by atoms with van der Waals surface area (Å²) in [5.74, 6) is -1.12. The lowest BCUT2D eigenvalue weighted by Gasteiger charge is -2.31. The highest BCUT2D eigenvalue weighted by atomic mass is 32.1. The molecule has 1 fully saturated rings. The first-order valence-corrected chi connectivity index (χ1v) is 7.54. The molecule has 0 aliphatic heterocycles. The van der Waals surface area contributed by atoms with Gasteiger partial charge < -0.3 is 5.32 Å². The number of rotatable bonds is 4. The molecular weight excluding hydrogens is 273 g/mol. The number of hydrogen-bond acceptors (Lipinski definition) is 3. The van der Waals surface area contributed by atoms with Crippen molar-refractivity contribution < 1.29 is 13.2 Å². The third-order valence-electron chi connectivity index (χ3n) is 3.58. The minimum Gasteiger partial charge on any atom is -0.314 e. The van der Waals surface area contributed by atoms with Gasteiger partial charge in [0.1, 0.15) is 0 Å². The average Bonchev–Trinajstić information content (AvgIpc) is 2.74. The molecule has 1 aromatic rings. The highest BCUT2D eigenvalue weighted by Gasteiger charge is 2.41. The molecule has 0 spiro atoms. The van der Waals surface area contributed by atoms with E-state index in [1.807, 2.05) is 12.3 Å². The summed E-state index contributed by atoms with van der Waals surface area (Å²) in [7, 11) is 0. The monoisotopic (exact) mass is 292 g/mol. The molecule has 0 bridgehead atoms. The zero-order valence-electron chi connectivity index (χ0n) is 11.0. The zero-order valence-corrected chi connectivity index (χ0v) is 11.8. The Morgan fingerprint density at radius 1 is 1.42 bits per heavy atom. The van der Waals surface area contributed by atoms with E-state index in [-0.39, 0.29) is 18.9 Å². The van der Waals surface area contributed by atoms with Crippen molar-refractivity contribution in [3.05, 3.63) is 16.1 Å². The van der Waals surface area contributed by atoms with Crippen LogP contribution in [0.25, 0.3) is 0 Å². The third-order valence-corrected chi connectivity index (χ3v) is 4.60. The van der Waals surface area contributed by atoms with Gasteiger partial charge in [0.2, 0.25) is 0 Å². The Balaban J connectivity index is 1.74. The van der Waals surface area contributed by atoms with Crippen LogP contribution in [-0.4, -0.2) is 23.7 Å². The van der Waals surface area contributed by atoms with Crippen molar-refractivity contribution in [3.63, 3.8) is 0 Å². The van der Waals surface area contributed by atoms with E-state index in [4.69, 9.17) is 0 Å². The van der Waals surface area contributed by atoms with Crippen LogP contribution in [0.3, 0.4) is 0 Å². The Hall–Kier alpha value is -0.620. The number of aromatic nitrogens is 1.